The van der Waals surface area contributed by atoms with Crippen LogP contribution in [0, 0.1) is 5.92 Å². The predicted octanol–water partition coefficient (Wildman–Crippen LogP) is 2.32. The van der Waals surface area contributed by atoms with Gasteiger partial charge in [-0.1, -0.05) is 19.9 Å². The lowest BCUT2D eigenvalue weighted by atomic mass is 9.90. The Morgan fingerprint density at radius 1 is 1.50 bits per heavy atom. The molecule has 0 aromatic heterocycles. The van der Waals surface area contributed by atoms with E-state index in [1.807, 2.05) is 0 Å². The molecule has 1 aliphatic carbocycles. The summed E-state index contributed by atoms with van der Waals surface area (Å²) in [5.74, 6) is 0.786. The Morgan fingerprint density at radius 3 is 2.60 bits per heavy atom. The molecule has 0 saturated carbocycles. The first-order valence-corrected chi connectivity index (χ1v) is 3.95. The first-order chi connectivity index (χ1) is 4.72. The standard InChI is InChI=1S/C9H14O/c1-7(2)8-5-3-4-6-9(8)10/h5,7H,3-4,6H2,1-2H3. The Kier molecular flexibility index (Phi) is 2.25. The van der Waals surface area contributed by atoms with Crippen LogP contribution in [-0.2, 0) is 4.79 Å². The fraction of sp³-hybridized carbons (Fsp3) is 0.667. The van der Waals surface area contributed by atoms with Gasteiger partial charge in [0.05, 0.1) is 0 Å². The Balaban J connectivity index is 2.71. The van der Waals surface area contributed by atoms with Crippen LogP contribution in [0.5, 0.6) is 0 Å². The molecule has 0 aromatic carbocycles. The third-order valence-corrected chi connectivity index (χ3v) is 1.92. The lowest BCUT2D eigenvalue weighted by Crippen LogP contribution is -2.11. The quantitative estimate of drug-likeness (QED) is 0.543. The van der Waals surface area contributed by atoms with E-state index < -0.39 is 0 Å². The molecule has 0 amide bonds. The zero-order valence-corrected chi connectivity index (χ0v) is 6.68. The molecular weight excluding hydrogens is 124 g/mol. The van der Waals surface area contributed by atoms with Crippen molar-refractivity contribution >= 4 is 5.78 Å². The zero-order chi connectivity index (χ0) is 7.56. The summed E-state index contributed by atoms with van der Waals surface area (Å²) in [6.07, 6.45) is 5.01. The van der Waals surface area contributed by atoms with Crippen molar-refractivity contribution in [2.24, 2.45) is 5.92 Å². The summed E-state index contributed by atoms with van der Waals surface area (Å²) in [6, 6.07) is 0. The molecule has 0 heterocycles. The minimum absolute atomic E-state index is 0.362. The molecule has 1 heteroatoms. The lowest BCUT2D eigenvalue weighted by molar-refractivity contribution is -0.116. The van der Waals surface area contributed by atoms with E-state index >= 15 is 0 Å². The largest absolute Gasteiger partial charge is 0.295 e. The van der Waals surface area contributed by atoms with Crippen molar-refractivity contribution in [3.05, 3.63) is 11.6 Å². The number of hydrogen-bond donors (Lipinski definition) is 0. The van der Waals surface area contributed by atoms with Gasteiger partial charge < -0.3 is 0 Å². The van der Waals surface area contributed by atoms with Gasteiger partial charge in [0.1, 0.15) is 0 Å². The van der Waals surface area contributed by atoms with Crippen LogP contribution in [0.4, 0.5) is 0 Å². The number of Topliss-reactive ketones (excluding diaryl/α,β-unsaturated/α-hetero) is 1. The van der Waals surface area contributed by atoms with Gasteiger partial charge in [-0.15, -0.1) is 0 Å². The van der Waals surface area contributed by atoms with Gasteiger partial charge in [-0.2, -0.15) is 0 Å². The molecule has 0 bridgehead atoms. The molecular formula is C9H14O. The van der Waals surface area contributed by atoms with Crippen molar-refractivity contribution < 1.29 is 4.79 Å². The highest BCUT2D eigenvalue weighted by Crippen LogP contribution is 2.20. The number of ketones is 1. The highest BCUT2D eigenvalue weighted by atomic mass is 16.1. The molecule has 0 fully saturated rings. The van der Waals surface area contributed by atoms with Crippen LogP contribution in [0.2, 0.25) is 0 Å². The Bertz CT molecular complexity index is 166. The van der Waals surface area contributed by atoms with Crippen LogP contribution in [0.1, 0.15) is 33.1 Å². The molecule has 0 spiro atoms. The van der Waals surface area contributed by atoms with Crippen LogP contribution < -0.4 is 0 Å². The van der Waals surface area contributed by atoms with Crippen LogP contribution in [0.15, 0.2) is 11.6 Å². The molecule has 0 radical (unpaired) electrons. The molecule has 1 aliphatic rings. The van der Waals surface area contributed by atoms with Gasteiger partial charge >= 0.3 is 0 Å². The fourth-order valence-electron chi connectivity index (χ4n) is 1.34. The van der Waals surface area contributed by atoms with Crippen molar-refractivity contribution in [3.8, 4) is 0 Å². The van der Waals surface area contributed by atoms with Crippen LogP contribution >= 0.6 is 0 Å². The van der Waals surface area contributed by atoms with Gasteiger partial charge in [0.25, 0.3) is 0 Å². The molecule has 0 saturated heterocycles. The minimum Gasteiger partial charge on any atom is -0.295 e. The Hall–Kier alpha value is -0.590. The summed E-state index contributed by atoms with van der Waals surface area (Å²) >= 11 is 0. The number of carbonyl (C=O) groups excluding carboxylic acids is 1. The van der Waals surface area contributed by atoms with E-state index in [1.54, 1.807) is 0 Å². The van der Waals surface area contributed by atoms with Crippen molar-refractivity contribution in [1.82, 2.24) is 0 Å². The van der Waals surface area contributed by atoms with Gasteiger partial charge in [0.15, 0.2) is 5.78 Å². The van der Waals surface area contributed by atoms with Gasteiger partial charge in [0.2, 0.25) is 0 Å². The first kappa shape index (κ1) is 7.52. The second-order valence-corrected chi connectivity index (χ2v) is 3.13. The van der Waals surface area contributed by atoms with Crippen LogP contribution in [-0.4, -0.2) is 5.78 Å². The molecule has 0 unspecified atom stereocenters. The molecule has 10 heavy (non-hydrogen) atoms. The normalized spacial score (nSPS) is 19.5. The minimum atomic E-state index is 0.362. The van der Waals surface area contributed by atoms with Gasteiger partial charge in [-0.3, -0.25) is 4.79 Å². The van der Waals surface area contributed by atoms with E-state index in [4.69, 9.17) is 0 Å². The average molecular weight is 138 g/mol. The lowest BCUT2D eigenvalue weighted by Gasteiger charge is -2.13. The first-order valence-electron chi connectivity index (χ1n) is 3.95. The molecule has 1 nitrogen and oxygen atoms in total. The number of hydrogen-bond acceptors (Lipinski definition) is 1. The van der Waals surface area contributed by atoms with E-state index in [9.17, 15) is 4.79 Å². The van der Waals surface area contributed by atoms with Crippen LogP contribution in [0.3, 0.4) is 0 Å². The fourth-order valence-corrected chi connectivity index (χ4v) is 1.34. The summed E-state index contributed by atoms with van der Waals surface area (Å²) < 4.78 is 0. The maximum absolute atomic E-state index is 11.2. The summed E-state index contributed by atoms with van der Waals surface area (Å²) in [5, 5.41) is 0. The maximum atomic E-state index is 11.2. The van der Waals surface area contributed by atoms with E-state index in [-0.39, 0.29) is 0 Å². The van der Waals surface area contributed by atoms with Gasteiger partial charge in [-0.25, -0.2) is 0 Å². The molecule has 0 aliphatic heterocycles. The van der Waals surface area contributed by atoms with Gasteiger partial charge in [0, 0.05) is 6.42 Å². The number of rotatable bonds is 1. The summed E-state index contributed by atoms with van der Waals surface area (Å²) in [7, 11) is 0. The maximum Gasteiger partial charge on any atom is 0.158 e. The van der Waals surface area contributed by atoms with Crippen molar-refractivity contribution in [2.75, 3.05) is 0 Å². The second-order valence-electron chi connectivity index (χ2n) is 3.13. The molecule has 0 atom stereocenters. The predicted molar refractivity (Wildman–Crippen MR) is 41.8 cm³/mol. The monoisotopic (exact) mass is 138 g/mol. The van der Waals surface area contributed by atoms with Crippen molar-refractivity contribution in [2.45, 2.75) is 33.1 Å². The van der Waals surface area contributed by atoms with Crippen LogP contribution in [0.25, 0.3) is 0 Å². The number of allylic oxidation sites excluding steroid dienone is 2. The van der Waals surface area contributed by atoms with E-state index in [0.29, 0.717) is 11.7 Å². The average Bonchev–Trinajstić information content (AvgIpc) is 1.88. The molecule has 0 N–H and O–H groups in total. The molecule has 0 aromatic rings. The smallest absolute Gasteiger partial charge is 0.158 e. The Morgan fingerprint density at radius 2 is 2.20 bits per heavy atom. The van der Waals surface area contributed by atoms with E-state index in [0.717, 1.165) is 24.8 Å². The van der Waals surface area contributed by atoms with Gasteiger partial charge in [-0.05, 0) is 24.3 Å². The summed E-state index contributed by atoms with van der Waals surface area (Å²) in [4.78, 5) is 11.2. The summed E-state index contributed by atoms with van der Waals surface area (Å²) in [5.41, 5.74) is 1.05. The van der Waals surface area contributed by atoms with E-state index in [2.05, 4.69) is 19.9 Å². The summed E-state index contributed by atoms with van der Waals surface area (Å²) in [6.45, 7) is 4.16. The number of carbonyl (C=O) groups is 1. The highest BCUT2D eigenvalue weighted by molar-refractivity contribution is 5.96. The Labute approximate surface area is 62.1 Å². The topological polar surface area (TPSA) is 17.1 Å². The van der Waals surface area contributed by atoms with E-state index in [1.165, 1.54) is 0 Å². The molecule has 1 rings (SSSR count). The third-order valence-electron chi connectivity index (χ3n) is 1.92. The highest BCUT2D eigenvalue weighted by Gasteiger charge is 2.15. The van der Waals surface area contributed by atoms with Crippen molar-refractivity contribution in [1.29, 1.82) is 0 Å². The third kappa shape index (κ3) is 1.47. The second kappa shape index (κ2) is 3.00. The molecule has 56 valence electrons. The SMILES string of the molecule is CC(C)C1=CCCCC1=O. The van der Waals surface area contributed by atoms with Crippen molar-refractivity contribution in [3.63, 3.8) is 0 Å². The zero-order valence-electron chi connectivity index (χ0n) is 6.68.